The molecule has 3 heterocycles. The van der Waals surface area contributed by atoms with E-state index in [-0.39, 0.29) is 0 Å². The second-order valence-electron chi connectivity index (χ2n) is 13.4. The summed E-state index contributed by atoms with van der Waals surface area (Å²) in [6, 6.07) is 68.3. The molecule has 0 aliphatic heterocycles. The van der Waals surface area contributed by atoms with Crippen LogP contribution in [0.15, 0.2) is 188 Å². The number of hydrogen-bond donors (Lipinski definition) is 0. The number of aromatic nitrogens is 2. The Morgan fingerprint density at radius 1 is 0.333 bits per heavy atom. The van der Waals surface area contributed by atoms with Gasteiger partial charge in [-0.25, -0.2) is 0 Å². The molecule has 0 saturated heterocycles. The Balaban J connectivity index is 1.19. The molecule has 3 aromatic heterocycles. The summed E-state index contributed by atoms with van der Waals surface area (Å²) in [7, 11) is 0. The number of benzene rings is 8. The van der Waals surface area contributed by atoms with Crippen LogP contribution in [-0.4, -0.2) is 8.97 Å². The molecule has 0 atom stereocenters. The van der Waals surface area contributed by atoms with Crippen molar-refractivity contribution in [1.82, 2.24) is 8.97 Å². The number of fused-ring (bicyclic) bond motifs is 5. The summed E-state index contributed by atoms with van der Waals surface area (Å²) in [5, 5.41) is 7.70. The molecule has 0 aliphatic rings. The molecule has 0 fully saturated rings. The van der Waals surface area contributed by atoms with Gasteiger partial charge in [0.05, 0.1) is 27.6 Å². The fraction of sp³-hybridized carbons (Fsp3) is 0. The zero-order valence-corrected chi connectivity index (χ0v) is 27.7. The molecule has 3 heteroatoms. The highest BCUT2D eigenvalue weighted by Crippen LogP contribution is 2.45. The van der Waals surface area contributed by atoms with Crippen LogP contribution in [0.25, 0.3) is 76.7 Å². The summed E-state index contributed by atoms with van der Waals surface area (Å²) in [6.45, 7) is 0. The van der Waals surface area contributed by atoms with Crippen LogP contribution in [0, 0.1) is 0 Å². The zero-order valence-electron chi connectivity index (χ0n) is 27.7. The molecule has 51 heavy (non-hydrogen) atoms. The highest BCUT2D eigenvalue weighted by molar-refractivity contribution is 6.31. The van der Waals surface area contributed by atoms with Crippen molar-refractivity contribution in [3.8, 4) is 16.8 Å². The largest absolute Gasteiger partial charge is 0.310 e. The molecule has 8 aromatic carbocycles. The molecule has 0 amide bonds. The van der Waals surface area contributed by atoms with Crippen molar-refractivity contribution in [1.29, 1.82) is 0 Å². The molecular formula is C48H31N3. The van der Waals surface area contributed by atoms with Crippen LogP contribution in [-0.2, 0) is 0 Å². The minimum atomic E-state index is 1.10. The molecule has 0 unspecified atom stereocenters. The molecule has 0 spiro atoms. The third-order valence-corrected chi connectivity index (χ3v) is 10.6. The van der Waals surface area contributed by atoms with Gasteiger partial charge in [-0.2, -0.15) is 0 Å². The minimum Gasteiger partial charge on any atom is -0.310 e. The van der Waals surface area contributed by atoms with Gasteiger partial charge in [0.2, 0.25) is 0 Å². The van der Waals surface area contributed by atoms with E-state index in [0.29, 0.717) is 0 Å². The van der Waals surface area contributed by atoms with E-state index in [2.05, 4.69) is 202 Å². The lowest BCUT2D eigenvalue weighted by molar-refractivity contribution is 1.17. The fourth-order valence-corrected chi connectivity index (χ4v) is 8.52. The second kappa shape index (κ2) is 10.8. The van der Waals surface area contributed by atoms with E-state index in [0.717, 1.165) is 22.7 Å². The summed E-state index contributed by atoms with van der Waals surface area (Å²) in [4.78, 5) is 2.36. The highest BCUT2D eigenvalue weighted by Gasteiger charge is 2.22. The summed E-state index contributed by atoms with van der Waals surface area (Å²) in [6.07, 6.45) is 0. The molecule has 3 nitrogen and oxygen atoms in total. The van der Waals surface area contributed by atoms with Crippen LogP contribution in [0.3, 0.4) is 0 Å². The van der Waals surface area contributed by atoms with Crippen LogP contribution in [0.1, 0.15) is 0 Å². The van der Waals surface area contributed by atoms with Crippen molar-refractivity contribution in [2.24, 2.45) is 0 Å². The standard InChI is InChI=1S/C48H31N3/c1-3-14-32(15-4-1)33-16-9-19-35(30-33)49(34-17-5-2-6-18-34)36-20-10-21-37(31-36)50-43-27-12-23-39-41-25-11-24-40-38-22-7-8-26-42(38)51(48(40)41)45-29-13-28-44(50)47(45)46(39)43/h1-31H. The van der Waals surface area contributed by atoms with Crippen molar-refractivity contribution >= 4 is 77.0 Å². The molecule has 0 N–H and O–H groups in total. The van der Waals surface area contributed by atoms with Gasteiger partial charge in [-0.3, -0.25) is 0 Å². The monoisotopic (exact) mass is 649 g/mol. The number of nitrogens with zero attached hydrogens (tertiary/aromatic N) is 3. The number of hydrogen-bond acceptors (Lipinski definition) is 1. The molecule has 0 radical (unpaired) electrons. The Labute approximate surface area is 294 Å². The maximum Gasteiger partial charge on any atom is 0.0619 e. The summed E-state index contributed by atoms with van der Waals surface area (Å²) in [5.74, 6) is 0. The van der Waals surface area contributed by atoms with Gasteiger partial charge in [-0.15, -0.1) is 0 Å². The van der Waals surface area contributed by atoms with Gasteiger partial charge in [0.25, 0.3) is 0 Å². The van der Waals surface area contributed by atoms with Crippen LogP contribution < -0.4 is 4.90 Å². The molecule has 11 aromatic rings. The quantitative estimate of drug-likeness (QED) is 0.181. The van der Waals surface area contributed by atoms with Gasteiger partial charge in [0.1, 0.15) is 0 Å². The maximum absolute atomic E-state index is 2.50. The van der Waals surface area contributed by atoms with E-state index in [1.807, 2.05) is 0 Å². The van der Waals surface area contributed by atoms with Gasteiger partial charge in [-0.05, 0) is 83.2 Å². The smallest absolute Gasteiger partial charge is 0.0619 e. The normalized spacial score (nSPS) is 11.9. The van der Waals surface area contributed by atoms with E-state index >= 15 is 0 Å². The van der Waals surface area contributed by atoms with Crippen LogP contribution in [0.4, 0.5) is 17.1 Å². The van der Waals surface area contributed by atoms with Crippen molar-refractivity contribution in [2.45, 2.75) is 0 Å². The Hall–Kier alpha value is -6.84. The second-order valence-corrected chi connectivity index (χ2v) is 13.4. The third kappa shape index (κ3) is 4.06. The van der Waals surface area contributed by atoms with E-state index in [4.69, 9.17) is 0 Å². The van der Waals surface area contributed by atoms with E-state index in [9.17, 15) is 0 Å². The molecule has 0 aliphatic carbocycles. The maximum atomic E-state index is 2.50. The van der Waals surface area contributed by atoms with Gasteiger partial charge in [-0.1, -0.05) is 121 Å². The molecular weight excluding hydrogens is 619 g/mol. The topological polar surface area (TPSA) is 12.6 Å². The number of anilines is 3. The van der Waals surface area contributed by atoms with Crippen molar-refractivity contribution in [3.63, 3.8) is 0 Å². The fourth-order valence-electron chi connectivity index (χ4n) is 8.52. The van der Waals surface area contributed by atoms with E-state index in [1.165, 1.54) is 71.0 Å². The first-order valence-electron chi connectivity index (χ1n) is 17.5. The third-order valence-electron chi connectivity index (χ3n) is 10.6. The first-order valence-corrected chi connectivity index (χ1v) is 17.5. The lowest BCUT2D eigenvalue weighted by atomic mass is 10.0. The van der Waals surface area contributed by atoms with Gasteiger partial charge in [0, 0.05) is 49.7 Å². The Morgan fingerprint density at radius 2 is 0.863 bits per heavy atom. The zero-order chi connectivity index (χ0) is 33.5. The van der Waals surface area contributed by atoms with Crippen molar-refractivity contribution < 1.29 is 0 Å². The van der Waals surface area contributed by atoms with E-state index in [1.54, 1.807) is 0 Å². The van der Waals surface area contributed by atoms with Gasteiger partial charge < -0.3 is 13.9 Å². The van der Waals surface area contributed by atoms with Crippen LogP contribution in [0.2, 0.25) is 0 Å². The molecule has 11 rings (SSSR count). The van der Waals surface area contributed by atoms with Crippen LogP contribution in [0.5, 0.6) is 0 Å². The average Bonchev–Trinajstić information content (AvgIpc) is 3.68. The van der Waals surface area contributed by atoms with Crippen molar-refractivity contribution in [3.05, 3.63) is 188 Å². The summed E-state index contributed by atoms with van der Waals surface area (Å²) >= 11 is 0. The lowest BCUT2D eigenvalue weighted by Gasteiger charge is -2.26. The van der Waals surface area contributed by atoms with Crippen molar-refractivity contribution in [2.75, 3.05) is 4.90 Å². The van der Waals surface area contributed by atoms with Gasteiger partial charge >= 0.3 is 0 Å². The predicted molar refractivity (Wildman–Crippen MR) is 216 cm³/mol. The molecule has 0 bridgehead atoms. The number of rotatable bonds is 5. The molecule has 0 saturated carbocycles. The summed E-state index contributed by atoms with van der Waals surface area (Å²) in [5.41, 5.74) is 13.0. The number of para-hydroxylation sites is 3. The Morgan fingerprint density at radius 3 is 1.71 bits per heavy atom. The minimum absolute atomic E-state index is 1.10. The highest BCUT2D eigenvalue weighted by atomic mass is 15.1. The molecule has 238 valence electrons. The predicted octanol–water partition coefficient (Wildman–Crippen LogP) is 13.1. The first-order chi connectivity index (χ1) is 25.3. The van der Waals surface area contributed by atoms with Crippen LogP contribution >= 0.6 is 0 Å². The average molecular weight is 650 g/mol. The SMILES string of the molecule is c1ccc(-c2cccc(N(c3ccccc3)c3cccc(-n4c5cccc6c7cccc8c9ccccc9n(c9cccc4c9c65)c78)c3)c2)cc1. The van der Waals surface area contributed by atoms with Gasteiger partial charge in [0.15, 0.2) is 0 Å². The Bertz CT molecular complexity index is 3080. The Kier molecular flexibility index (Phi) is 5.96. The lowest BCUT2D eigenvalue weighted by Crippen LogP contribution is -2.10. The van der Waals surface area contributed by atoms with E-state index < -0.39 is 0 Å². The first kappa shape index (κ1) is 28.0. The summed E-state index contributed by atoms with van der Waals surface area (Å²) < 4.78 is 4.96.